The highest BCUT2D eigenvalue weighted by molar-refractivity contribution is 7.89. The Kier molecular flexibility index (Phi) is 2.73. The van der Waals surface area contributed by atoms with Crippen molar-refractivity contribution in [2.75, 3.05) is 7.11 Å². The monoisotopic (exact) mass is 244 g/mol. The molecule has 1 aliphatic rings. The number of hydrogen-bond acceptors (Lipinski definition) is 5. The van der Waals surface area contributed by atoms with Gasteiger partial charge in [0.1, 0.15) is 10.6 Å². The minimum atomic E-state index is -3.82. The summed E-state index contributed by atoms with van der Waals surface area (Å²) in [5.41, 5.74) is 0. The van der Waals surface area contributed by atoms with E-state index in [-0.39, 0.29) is 16.7 Å². The van der Waals surface area contributed by atoms with E-state index in [2.05, 4.69) is 4.98 Å². The van der Waals surface area contributed by atoms with E-state index >= 15 is 0 Å². The Labute approximate surface area is 93.4 Å². The molecule has 0 bridgehead atoms. The SMILES string of the molecule is COc1cc(OC2CC2)c(S(N)(=O)=O)cn1. The maximum atomic E-state index is 11.3. The van der Waals surface area contributed by atoms with Crippen molar-refractivity contribution in [1.82, 2.24) is 4.98 Å². The van der Waals surface area contributed by atoms with Gasteiger partial charge in [-0.1, -0.05) is 0 Å². The van der Waals surface area contributed by atoms with E-state index in [1.807, 2.05) is 0 Å². The highest BCUT2D eigenvalue weighted by Crippen LogP contribution is 2.32. The van der Waals surface area contributed by atoms with E-state index in [4.69, 9.17) is 14.6 Å². The fraction of sp³-hybridized carbons (Fsp3) is 0.444. The number of rotatable bonds is 4. The zero-order chi connectivity index (χ0) is 11.8. The van der Waals surface area contributed by atoms with Gasteiger partial charge in [0, 0.05) is 6.07 Å². The second kappa shape index (κ2) is 3.91. The molecule has 7 heteroatoms. The molecule has 0 atom stereocenters. The summed E-state index contributed by atoms with van der Waals surface area (Å²) < 4.78 is 32.9. The van der Waals surface area contributed by atoms with E-state index in [1.54, 1.807) is 0 Å². The third-order valence-electron chi connectivity index (χ3n) is 2.14. The first-order valence-electron chi connectivity index (χ1n) is 4.74. The molecule has 1 saturated carbocycles. The molecule has 1 fully saturated rings. The Bertz CT molecular complexity index is 496. The van der Waals surface area contributed by atoms with Crippen molar-refractivity contribution in [3.8, 4) is 11.6 Å². The summed E-state index contributed by atoms with van der Waals surface area (Å²) in [5.74, 6) is 0.500. The van der Waals surface area contributed by atoms with Gasteiger partial charge in [-0.3, -0.25) is 0 Å². The van der Waals surface area contributed by atoms with Gasteiger partial charge in [-0.2, -0.15) is 0 Å². The smallest absolute Gasteiger partial charge is 0.243 e. The Morgan fingerprint density at radius 1 is 1.50 bits per heavy atom. The lowest BCUT2D eigenvalue weighted by molar-refractivity contribution is 0.291. The van der Waals surface area contributed by atoms with Gasteiger partial charge in [0.2, 0.25) is 15.9 Å². The van der Waals surface area contributed by atoms with Crippen molar-refractivity contribution in [3.05, 3.63) is 12.3 Å². The van der Waals surface area contributed by atoms with Crippen LogP contribution in [0.15, 0.2) is 17.2 Å². The molecule has 0 amide bonds. The first-order valence-corrected chi connectivity index (χ1v) is 6.29. The molecular weight excluding hydrogens is 232 g/mol. The van der Waals surface area contributed by atoms with Crippen LogP contribution in [0.4, 0.5) is 0 Å². The van der Waals surface area contributed by atoms with Crippen LogP contribution in [0.2, 0.25) is 0 Å². The van der Waals surface area contributed by atoms with Crippen LogP contribution >= 0.6 is 0 Å². The van der Waals surface area contributed by atoms with Crippen LogP contribution in [0.25, 0.3) is 0 Å². The average molecular weight is 244 g/mol. The standard InChI is InChI=1S/C9H12N2O4S/c1-14-9-4-7(15-6-2-3-6)8(5-11-9)16(10,12)13/h4-6H,2-3H2,1H3,(H2,10,12,13). The zero-order valence-electron chi connectivity index (χ0n) is 8.71. The van der Waals surface area contributed by atoms with Crippen molar-refractivity contribution in [2.24, 2.45) is 5.14 Å². The van der Waals surface area contributed by atoms with Gasteiger partial charge in [0.25, 0.3) is 0 Å². The van der Waals surface area contributed by atoms with Gasteiger partial charge >= 0.3 is 0 Å². The Balaban J connectivity index is 2.41. The molecule has 0 radical (unpaired) electrons. The number of aromatic nitrogens is 1. The largest absolute Gasteiger partial charge is 0.489 e. The number of nitrogens with two attached hydrogens (primary N) is 1. The molecule has 0 spiro atoms. The van der Waals surface area contributed by atoms with E-state index in [0.29, 0.717) is 5.88 Å². The molecule has 6 nitrogen and oxygen atoms in total. The summed E-state index contributed by atoms with van der Waals surface area (Å²) in [7, 11) is -2.38. The number of hydrogen-bond donors (Lipinski definition) is 1. The topological polar surface area (TPSA) is 91.5 Å². The summed E-state index contributed by atoms with van der Waals surface area (Å²) >= 11 is 0. The van der Waals surface area contributed by atoms with Gasteiger partial charge < -0.3 is 9.47 Å². The molecule has 1 heterocycles. The van der Waals surface area contributed by atoms with Crippen molar-refractivity contribution < 1.29 is 17.9 Å². The number of ether oxygens (including phenoxy) is 2. The second-order valence-electron chi connectivity index (χ2n) is 3.54. The maximum Gasteiger partial charge on any atom is 0.243 e. The first kappa shape index (κ1) is 11.2. The Morgan fingerprint density at radius 3 is 2.69 bits per heavy atom. The number of primary sulfonamides is 1. The number of nitrogens with zero attached hydrogens (tertiary/aromatic N) is 1. The van der Waals surface area contributed by atoms with Crippen LogP contribution in [0, 0.1) is 0 Å². The summed E-state index contributed by atoms with van der Waals surface area (Å²) in [5, 5.41) is 5.06. The van der Waals surface area contributed by atoms with Crippen molar-refractivity contribution >= 4 is 10.0 Å². The Hall–Kier alpha value is -1.34. The molecule has 1 aromatic heterocycles. The first-order chi connectivity index (χ1) is 7.50. The van der Waals surface area contributed by atoms with E-state index in [1.165, 1.54) is 13.2 Å². The third kappa shape index (κ3) is 2.42. The predicted octanol–water partition coefficient (Wildman–Crippen LogP) is 0.279. The molecule has 1 aromatic rings. The number of sulfonamides is 1. The van der Waals surface area contributed by atoms with Gasteiger partial charge in [0.05, 0.1) is 19.4 Å². The quantitative estimate of drug-likeness (QED) is 0.821. The molecule has 16 heavy (non-hydrogen) atoms. The molecule has 88 valence electrons. The molecule has 0 unspecified atom stereocenters. The van der Waals surface area contributed by atoms with Crippen molar-refractivity contribution in [1.29, 1.82) is 0 Å². The number of methoxy groups -OCH3 is 1. The fourth-order valence-corrected chi connectivity index (χ4v) is 1.78. The maximum absolute atomic E-state index is 11.3. The van der Waals surface area contributed by atoms with Crippen LogP contribution < -0.4 is 14.6 Å². The summed E-state index contributed by atoms with van der Waals surface area (Å²) in [6.45, 7) is 0. The highest BCUT2D eigenvalue weighted by atomic mass is 32.2. The third-order valence-corrected chi connectivity index (χ3v) is 3.06. The van der Waals surface area contributed by atoms with Crippen LogP contribution in [0.5, 0.6) is 11.6 Å². The predicted molar refractivity (Wildman–Crippen MR) is 55.8 cm³/mol. The molecular formula is C9H12N2O4S. The van der Waals surface area contributed by atoms with Crippen LogP contribution in [0.1, 0.15) is 12.8 Å². The summed E-state index contributed by atoms with van der Waals surface area (Å²) in [4.78, 5) is 3.68. The molecule has 0 saturated heterocycles. The van der Waals surface area contributed by atoms with Gasteiger partial charge in [-0.05, 0) is 12.8 Å². The van der Waals surface area contributed by atoms with E-state index in [9.17, 15) is 8.42 Å². The number of pyridine rings is 1. The van der Waals surface area contributed by atoms with Crippen LogP contribution in [0.3, 0.4) is 0 Å². The van der Waals surface area contributed by atoms with Crippen LogP contribution in [-0.4, -0.2) is 26.6 Å². The van der Waals surface area contributed by atoms with Gasteiger partial charge in [0.15, 0.2) is 0 Å². The Morgan fingerprint density at radius 2 is 2.19 bits per heavy atom. The van der Waals surface area contributed by atoms with Crippen molar-refractivity contribution in [2.45, 2.75) is 23.8 Å². The molecule has 0 aliphatic heterocycles. The molecule has 1 aliphatic carbocycles. The molecule has 2 rings (SSSR count). The lowest BCUT2D eigenvalue weighted by Gasteiger charge is -2.09. The second-order valence-corrected chi connectivity index (χ2v) is 5.07. The zero-order valence-corrected chi connectivity index (χ0v) is 9.53. The lowest BCUT2D eigenvalue weighted by atomic mass is 10.4. The minimum Gasteiger partial charge on any atom is -0.489 e. The van der Waals surface area contributed by atoms with E-state index in [0.717, 1.165) is 19.0 Å². The fourth-order valence-electron chi connectivity index (χ4n) is 1.19. The van der Waals surface area contributed by atoms with Crippen molar-refractivity contribution in [3.63, 3.8) is 0 Å². The van der Waals surface area contributed by atoms with Gasteiger partial charge in [-0.25, -0.2) is 18.5 Å². The summed E-state index contributed by atoms with van der Waals surface area (Å²) in [6.07, 6.45) is 3.07. The molecule has 2 N–H and O–H groups in total. The van der Waals surface area contributed by atoms with Gasteiger partial charge in [-0.15, -0.1) is 0 Å². The minimum absolute atomic E-state index is 0.0765. The lowest BCUT2D eigenvalue weighted by Crippen LogP contribution is -2.15. The molecule has 0 aromatic carbocycles. The normalized spacial score (nSPS) is 15.9. The average Bonchev–Trinajstić information content (AvgIpc) is 3.00. The highest BCUT2D eigenvalue weighted by Gasteiger charge is 2.27. The van der Waals surface area contributed by atoms with E-state index < -0.39 is 10.0 Å². The summed E-state index contributed by atoms with van der Waals surface area (Å²) in [6, 6.07) is 1.43. The van der Waals surface area contributed by atoms with Crippen LogP contribution in [-0.2, 0) is 10.0 Å².